The molecule has 1 aliphatic carbocycles. The van der Waals surface area contributed by atoms with E-state index in [1.165, 1.54) is 18.9 Å². The van der Waals surface area contributed by atoms with E-state index in [0.717, 1.165) is 12.7 Å². The molecule has 1 heterocycles. The van der Waals surface area contributed by atoms with E-state index in [9.17, 15) is 14.0 Å². The molecule has 0 aromatic heterocycles. The number of likely N-dealkylation sites (N-methyl/N-ethyl adjacent to an activating group) is 1. The molecular formula is C15H17FN2O3. The van der Waals surface area contributed by atoms with Gasteiger partial charge in [-0.1, -0.05) is 0 Å². The third-order valence-electron chi connectivity index (χ3n) is 3.82. The lowest BCUT2D eigenvalue weighted by atomic mass is 10.1. The molecule has 3 rings (SSSR count). The number of benzene rings is 1. The maximum Gasteiger partial charge on any atom is 0.296 e. The first-order chi connectivity index (χ1) is 10.1. The summed E-state index contributed by atoms with van der Waals surface area (Å²) in [6.45, 7) is 1.84. The second-order valence-corrected chi connectivity index (χ2v) is 5.57. The zero-order valence-electron chi connectivity index (χ0n) is 11.8. The molecule has 1 amide bonds. The molecule has 2 aliphatic rings. The first-order valence-corrected chi connectivity index (χ1v) is 7.04. The van der Waals surface area contributed by atoms with Crippen molar-refractivity contribution in [2.75, 3.05) is 37.0 Å². The number of halogens is 1. The third kappa shape index (κ3) is 2.90. The van der Waals surface area contributed by atoms with Gasteiger partial charge < -0.3 is 15.0 Å². The van der Waals surface area contributed by atoms with E-state index in [-0.39, 0.29) is 5.56 Å². The number of carbonyl (C=O) groups excluding carboxylic acids is 2. The Kier molecular flexibility index (Phi) is 3.63. The average molecular weight is 292 g/mol. The Labute approximate surface area is 122 Å². The predicted octanol–water partition coefficient (Wildman–Crippen LogP) is 1.82. The number of ketones is 1. The summed E-state index contributed by atoms with van der Waals surface area (Å²) >= 11 is 0. The van der Waals surface area contributed by atoms with Crippen molar-refractivity contribution in [2.24, 2.45) is 5.92 Å². The van der Waals surface area contributed by atoms with Crippen molar-refractivity contribution >= 4 is 23.1 Å². The van der Waals surface area contributed by atoms with E-state index >= 15 is 0 Å². The molecule has 1 aromatic rings. The topological polar surface area (TPSA) is 58.6 Å². The Morgan fingerprint density at radius 1 is 1.38 bits per heavy atom. The number of hydrogen-bond acceptors (Lipinski definition) is 4. The Morgan fingerprint density at radius 2 is 2.14 bits per heavy atom. The second-order valence-electron chi connectivity index (χ2n) is 5.57. The van der Waals surface area contributed by atoms with E-state index < -0.39 is 17.5 Å². The fourth-order valence-electron chi connectivity index (χ4n) is 2.30. The standard InChI is InChI=1S/C15H17FN2O3/c1-18(4-5-21-8-9-2-3-9)13-7-12-10(6-11(13)16)14(19)15(20)17-12/h6-7,9H,2-5,8H2,1H3,(H,17,19,20). The zero-order chi connectivity index (χ0) is 15.0. The first-order valence-electron chi connectivity index (χ1n) is 7.04. The van der Waals surface area contributed by atoms with Gasteiger partial charge in [0.25, 0.3) is 11.7 Å². The molecule has 1 aliphatic heterocycles. The van der Waals surface area contributed by atoms with Gasteiger partial charge in [-0.05, 0) is 30.9 Å². The SMILES string of the molecule is CN(CCOCC1CC1)c1cc2c(cc1F)C(=O)C(=O)N2. The van der Waals surface area contributed by atoms with E-state index in [1.807, 2.05) is 0 Å². The molecule has 0 bridgehead atoms. The van der Waals surface area contributed by atoms with Crippen molar-refractivity contribution < 1.29 is 18.7 Å². The van der Waals surface area contributed by atoms with Crippen LogP contribution in [0.15, 0.2) is 12.1 Å². The molecule has 21 heavy (non-hydrogen) atoms. The van der Waals surface area contributed by atoms with E-state index in [2.05, 4.69) is 5.32 Å². The van der Waals surface area contributed by atoms with Crippen molar-refractivity contribution in [3.63, 3.8) is 0 Å². The first kappa shape index (κ1) is 14.0. The molecule has 1 fully saturated rings. The molecular weight excluding hydrogens is 275 g/mol. The molecule has 1 N–H and O–H groups in total. The molecule has 1 aromatic carbocycles. The van der Waals surface area contributed by atoms with Gasteiger partial charge in [0.2, 0.25) is 0 Å². The monoisotopic (exact) mass is 292 g/mol. The number of hydrogen-bond donors (Lipinski definition) is 1. The van der Waals surface area contributed by atoms with Crippen LogP contribution in [0.25, 0.3) is 0 Å². The van der Waals surface area contributed by atoms with Crippen LogP contribution in [-0.2, 0) is 9.53 Å². The minimum Gasteiger partial charge on any atom is -0.379 e. The highest BCUT2D eigenvalue weighted by atomic mass is 19.1. The number of nitrogens with zero attached hydrogens (tertiary/aromatic N) is 1. The molecule has 0 unspecified atom stereocenters. The minimum atomic E-state index is -0.711. The summed E-state index contributed by atoms with van der Waals surface area (Å²) in [4.78, 5) is 24.5. The number of Topliss-reactive ketones (excluding diaryl/α,β-unsaturated/α-hetero) is 1. The fourth-order valence-corrected chi connectivity index (χ4v) is 2.30. The summed E-state index contributed by atoms with van der Waals surface area (Å²) in [6.07, 6.45) is 2.48. The Morgan fingerprint density at radius 3 is 2.86 bits per heavy atom. The summed E-state index contributed by atoms with van der Waals surface area (Å²) in [5.74, 6) is -1.21. The molecule has 0 atom stereocenters. The van der Waals surface area contributed by atoms with Crippen molar-refractivity contribution in [3.8, 4) is 0 Å². The van der Waals surface area contributed by atoms with Crippen LogP contribution in [0.3, 0.4) is 0 Å². The zero-order valence-corrected chi connectivity index (χ0v) is 11.8. The minimum absolute atomic E-state index is 0.0969. The van der Waals surface area contributed by atoms with Crippen LogP contribution in [-0.4, -0.2) is 38.5 Å². The Bertz CT molecular complexity index is 599. The lowest BCUT2D eigenvalue weighted by Gasteiger charge is -2.20. The molecule has 0 spiro atoms. The van der Waals surface area contributed by atoms with Gasteiger partial charge >= 0.3 is 0 Å². The van der Waals surface area contributed by atoms with Crippen LogP contribution >= 0.6 is 0 Å². The summed E-state index contributed by atoms with van der Waals surface area (Å²) in [5, 5.41) is 2.45. The number of fused-ring (bicyclic) bond motifs is 1. The molecule has 6 heteroatoms. The second kappa shape index (κ2) is 5.44. The van der Waals surface area contributed by atoms with Gasteiger partial charge in [-0.15, -0.1) is 0 Å². The van der Waals surface area contributed by atoms with Crippen molar-refractivity contribution in [3.05, 3.63) is 23.5 Å². The smallest absolute Gasteiger partial charge is 0.296 e. The van der Waals surface area contributed by atoms with Crippen LogP contribution in [0.4, 0.5) is 15.8 Å². The van der Waals surface area contributed by atoms with E-state index in [4.69, 9.17) is 4.74 Å². The third-order valence-corrected chi connectivity index (χ3v) is 3.82. The van der Waals surface area contributed by atoms with Gasteiger partial charge in [0.15, 0.2) is 0 Å². The number of carbonyl (C=O) groups is 2. The molecule has 1 saturated carbocycles. The van der Waals surface area contributed by atoms with Crippen LogP contribution in [0.2, 0.25) is 0 Å². The maximum absolute atomic E-state index is 14.1. The maximum atomic E-state index is 14.1. The summed E-state index contributed by atoms with van der Waals surface area (Å²) < 4.78 is 19.6. The van der Waals surface area contributed by atoms with Crippen molar-refractivity contribution in [1.82, 2.24) is 0 Å². The Balaban J connectivity index is 1.65. The highest BCUT2D eigenvalue weighted by Gasteiger charge is 2.30. The Hall–Kier alpha value is -1.95. The van der Waals surface area contributed by atoms with Gasteiger partial charge in [-0.25, -0.2) is 4.39 Å². The summed E-state index contributed by atoms with van der Waals surface area (Å²) in [6, 6.07) is 2.61. The van der Waals surface area contributed by atoms with Crippen LogP contribution in [0, 0.1) is 11.7 Å². The normalized spacial score (nSPS) is 16.9. The summed E-state index contributed by atoms with van der Waals surface area (Å²) in [5.41, 5.74) is 0.811. The molecule has 0 saturated heterocycles. The highest BCUT2D eigenvalue weighted by molar-refractivity contribution is 6.51. The number of ether oxygens (including phenoxy) is 1. The summed E-state index contributed by atoms with van der Waals surface area (Å²) in [7, 11) is 1.75. The highest BCUT2D eigenvalue weighted by Crippen LogP contribution is 2.31. The quantitative estimate of drug-likeness (QED) is 0.642. The molecule has 0 radical (unpaired) electrons. The molecule has 5 nitrogen and oxygen atoms in total. The van der Waals surface area contributed by atoms with Crippen LogP contribution in [0.5, 0.6) is 0 Å². The fraction of sp³-hybridized carbons (Fsp3) is 0.467. The van der Waals surface area contributed by atoms with Gasteiger partial charge in [0.05, 0.1) is 23.5 Å². The number of rotatable bonds is 6. The lowest BCUT2D eigenvalue weighted by molar-refractivity contribution is -0.112. The van der Waals surface area contributed by atoms with Gasteiger partial charge in [0.1, 0.15) is 5.82 Å². The van der Waals surface area contributed by atoms with Gasteiger partial charge in [-0.2, -0.15) is 0 Å². The van der Waals surface area contributed by atoms with Crippen LogP contribution < -0.4 is 10.2 Å². The number of amides is 1. The molecule has 112 valence electrons. The van der Waals surface area contributed by atoms with Crippen molar-refractivity contribution in [2.45, 2.75) is 12.8 Å². The lowest BCUT2D eigenvalue weighted by Crippen LogP contribution is -2.24. The van der Waals surface area contributed by atoms with Crippen LogP contribution in [0.1, 0.15) is 23.2 Å². The van der Waals surface area contributed by atoms with Crippen molar-refractivity contribution in [1.29, 1.82) is 0 Å². The predicted molar refractivity (Wildman–Crippen MR) is 76.2 cm³/mol. The van der Waals surface area contributed by atoms with Gasteiger partial charge in [-0.3, -0.25) is 9.59 Å². The van der Waals surface area contributed by atoms with E-state index in [0.29, 0.717) is 30.4 Å². The van der Waals surface area contributed by atoms with E-state index in [1.54, 1.807) is 11.9 Å². The van der Waals surface area contributed by atoms with Gasteiger partial charge in [0, 0.05) is 20.2 Å². The largest absolute Gasteiger partial charge is 0.379 e. The number of nitrogens with one attached hydrogen (secondary N) is 1. The number of anilines is 2. The average Bonchev–Trinajstić information content (AvgIpc) is 3.23.